The molecule has 0 aliphatic carbocycles. The fourth-order valence-corrected chi connectivity index (χ4v) is 3.10. The third-order valence-electron chi connectivity index (χ3n) is 2.23. The van der Waals surface area contributed by atoms with E-state index in [1.807, 2.05) is 17.5 Å². The minimum Gasteiger partial charge on any atom is -0.384 e. The van der Waals surface area contributed by atoms with Crippen LogP contribution in [0.2, 0.25) is 0 Å². The van der Waals surface area contributed by atoms with Crippen molar-refractivity contribution < 1.29 is 4.39 Å². The van der Waals surface area contributed by atoms with Crippen LogP contribution in [0.15, 0.2) is 39.9 Å². The molecule has 2 aromatic rings. The third-order valence-corrected chi connectivity index (χ3v) is 4.41. The number of hydrogen-bond donors (Lipinski definition) is 2. The maximum absolute atomic E-state index is 13.7. The normalized spacial score (nSPS) is 10.4. The van der Waals surface area contributed by atoms with Gasteiger partial charge in [0.25, 0.3) is 0 Å². The van der Waals surface area contributed by atoms with Gasteiger partial charge in [0, 0.05) is 11.3 Å². The molecule has 0 aliphatic heterocycles. The van der Waals surface area contributed by atoms with E-state index in [-0.39, 0.29) is 11.7 Å². The minimum atomic E-state index is -0.304. The van der Waals surface area contributed by atoms with Gasteiger partial charge in [0.1, 0.15) is 11.7 Å². The molecule has 0 atom stereocenters. The van der Waals surface area contributed by atoms with E-state index in [2.05, 4.69) is 0 Å². The molecule has 0 radical (unpaired) electrons. The van der Waals surface area contributed by atoms with Crippen molar-refractivity contribution in [3.05, 3.63) is 52.7 Å². The summed E-state index contributed by atoms with van der Waals surface area (Å²) in [6.45, 7) is 0. The molecule has 1 aromatic heterocycles. The molecule has 0 bridgehead atoms. The highest BCUT2D eigenvalue weighted by molar-refractivity contribution is 8.00. The molecule has 5 heteroatoms. The maximum Gasteiger partial charge on any atom is 0.127 e. The molecule has 0 fully saturated rings. The molecule has 0 amide bonds. The molecule has 1 heterocycles. The van der Waals surface area contributed by atoms with Gasteiger partial charge in [-0.25, -0.2) is 4.39 Å². The fourth-order valence-electron chi connectivity index (χ4n) is 1.33. The van der Waals surface area contributed by atoms with Gasteiger partial charge < -0.3 is 5.73 Å². The third kappa shape index (κ3) is 3.08. The Morgan fingerprint density at radius 2 is 2.24 bits per heavy atom. The van der Waals surface area contributed by atoms with Gasteiger partial charge in [-0.3, -0.25) is 5.41 Å². The Labute approximate surface area is 107 Å². The number of thiophene rings is 1. The first kappa shape index (κ1) is 12.1. The van der Waals surface area contributed by atoms with Crippen LogP contribution in [-0.4, -0.2) is 5.84 Å². The fraction of sp³-hybridized carbons (Fsp3) is 0.0833. The first-order chi connectivity index (χ1) is 8.16. The highest BCUT2D eigenvalue weighted by Crippen LogP contribution is 2.27. The number of rotatable bonds is 4. The van der Waals surface area contributed by atoms with Crippen LogP contribution in [0.25, 0.3) is 0 Å². The number of benzene rings is 1. The topological polar surface area (TPSA) is 49.9 Å². The van der Waals surface area contributed by atoms with Gasteiger partial charge in [0.2, 0.25) is 0 Å². The number of nitrogens with two attached hydrogens (primary N) is 1. The number of hydrogen-bond acceptors (Lipinski definition) is 3. The maximum atomic E-state index is 13.7. The zero-order valence-corrected chi connectivity index (χ0v) is 10.6. The van der Waals surface area contributed by atoms with E-state index in [4.69, 9.17) is 11.1 Å². The molecule has 3 N–H and O–H groups in total. The number of amidine groups is 1. The molecule has 0 spiro atoms. The predicted octanol–water partition coefficient (Wildman–Crippen LogP) is 3.46. The molecule has 88 valence electrons. The standard InChI is InChI=1S/C12H11FN2S2/c13-10-6-8(12(14)15)3-4-9(10)7-17-11-2-1-5-16-11/h1-6H,7H2,(H3,14,15). The first-order valence-electron chi connectivity index (χ1n) is 4.96. The highest BCUT2D eigenvalue weighted by Gasteiger charge is 2.06. The van der Waals surface area contributed by atoms with Crippen LogP contribution >= 0.6 is 23.1 Å². The molecule has 17 heavy (non-hydrogen) atoms. The lowest BCUT2D eigenvalue weighted by atomic mass is 10.1. The van der Waals surface area contributed by atoms with Gasteiger partial charge in [-0.1, -0.05) is 18.2 Å². The summed E-state index contributed by atoms with van der Waals surface area (Å²) in [4.78, 5) is 0. The molecular formula is C12H11FN2S2. The summed E-state index contributed by atoms with van der Waals surface area (Å²) in [6.07, 6.45) is 0. The zero-order valence-electron chi connectivity index (χ0n) is 8.94. The van der Waals surface area contributed by atoms with Crippen molar-refractivity contribution >= 4 is 28.9 Å². The quantitative estimate of drug-likeness (QED) is 0.506. The lowest BCUT2D eigenvalue weighted by Crippen LogP contribution is -2.11. The largest absolute Gasteiger partial charge is 0.384 e. The van der Waals surface area contributed by atoms with Crippen molar-refractivity contribution in [3.8, 4) is 0 Å². The molecule has 1 aromatic carbocycles. The Bertz CT molecular complexity index is 523. The monoisotopic (exact) mass is 266 g/mol. The molecule has 0 saturated heterocycles. The summed E-state index contributed by atoms with van der Waals surface area (Å²) in [7, 11) is 0. The molecular weight excluding hydrogens is 255 g/mol. The summed E-state index contributed by atoms with van der Waals surface area (Å²) in [5.74, 6) is 0.174. The second-order valence-corrected chi connectivity index (χ2v) is 5.66. The zero-order chi connectivity index (χ0) is 12.3. The van der Waals surface area contributed by atoms with Gasteiger partial charge in [0.15, 0.2) is 0 Å². The van der Waals surface area contributed by atoms with Crippen LogP contribution in [0.4, 0.5) is 4.39 Å². The van der Waals surface area contributed by atoms with Crippen LogP contribution < -0.4 is 5.73 Å². The van der Waals surface area contributed by atoms with E-state index in [1.54, 1.807) is 35.2 Å². The van der Waals surface area contributed by atoms with E-state index >= 15 is 0 Å². The van der Waals surface area contributed by atoms with E-state index in [0.717, 1.165) is 0 Å². The summed E-state index contributed by atoms with van der Waals surface area (Å²) < 4.78 is 14.8. The lowest BCUT2D eigenvalue weighted by molar-refractivity contribution is 0.617. The second-order valence-electron chi connectivity index (χ2n) is 3.44. The van der Waals surface area contributed by atoms with Crippen LogP contribution in [0.5, 0.6) is 0 Å². The van der Waals surface area contributed by atoms with E-state index in [9.17, 15) is 4.39 Å². The number of nitrogens with one attached hydrogen (secondary N) is 1. The average molecular weight is 266 g/mol. The van der Waals surface area contributed by atoms with Gasteiger partial charge in [0.05, 0.1) is 4.21 Å². The summed E-state index contributed by atoms with van der Waals surface area (Å²) in [5, 5.41) is 9.22. The highest BCUT2D eigenvalue weighted by atomic mass is 32.2. The Hall–Kier alpha value is -1.33. The Kier molecular flexibility index (Phi) is 3.81. The van der Waals surface area contributed by atoms with E-state index in [1.165, 1.54) is 10.3 Å². The van der Waals surface area contributed by atoms with Crippen LogP contribution in [-0.2, 0) is 5.75 Å². The summed E-state index contributed by atoms with van der Waals surface area (Å²) >= 11 is 3.24. The molecule has 0 aliphatic rings. The first-order valence-corrected chi connectivity index (χ1v) is 6.82. The van der Waals surface area contributed by atoms with Gasteiger partial charge in [-0.2, -0.15) is 0 Å². The van der Waals surface area contributed by atoms with Crippen molar-refractivity contribution in [2.45, 2.75) is 9.96 Å². The SMILES string of the molecule is N=C(N)c1ccc(CSc2cccs2)c(F)c1. The van der Waals surface area contributed by atoms with Gasteiger partial charge >= 0.3 is 0 Å². The second kappa shape index (κ2) is 5.33. The Morgan fingerprint density at radius 3 is 2.82 bits per heavy atom. The van der Waals surface area contributed by atoms with Crippen molar-refractivity contribution in [2.24, 2.45) is 5.73 Å². The van der Waals surface area contributed by atoms with Gasteiger partial charge in [-0.05, 0) is 23.1 Å². The van der Waals surface area contributed by atoms with Crippen molar-refractivity contribution in [1.82, 2.24) is 0 Å². The minimum absolute atomic E-state index is 0.110. The molecule has 2 rings (SSSR count). The average Bonchev–Trinajstić information content (AvgIpc) is 2.80. The van der Waals surface area contributed by atoms with Crippen LogP contribution in [0, 0.1) is 11.2 Å². The predicted molar refractivity (Wildman–Crippen MR) is 71.3 cm³/mol. The Morgan fingerprint density at radius 1 is 1.41 bits per heavy atom. The van der Waals surface area contributed by atoms with E-state index < -0.39 is 0 Å². The van der Waals surface area contributed by atoms with Gasteiger partial charge in [-0.15, -0.1) is 23.1 Å². The number of nitrogen functional groups attached to an aromatic ring is 1. The molecule has 2 nitrogen and oxygen atoms in total. The smallest absolute Gasteiger partial charge is 0.127 e. The number of thioether (sulfide) groups is 1. The van der Waals surface area contributed by atoms with Crippen molar-refractivity contribution in [2.75, 3.05) is 0 Å². The van der Waals surface area contributed by atoms with Crippen molar-refractivity contribution in [1.29, 1.82) is 5.41 Å². The number of halogens is 1. The van der Waals surface area contributed by atoms with Crippen LogP contribution in [0.1, 0.15) is 11.1 Å². The molecule has 0 unspecified atom stereocenters. The summed E-state index contributed by atoms with van der Waals surface area (Å²) in [5.41, 5.74) is 6.35. The summed E-state index contributed by atoms with van der Waals surface area (Å²) in [6, 6.07) is 8.66. The van der Waals surface area contributed by atoms with E-state index in [0.29, 0.717) is 16.9 Å². The van der Waals surface area contributed by atoms with Crippen LogP contribution in [0.3, 0.4) is 0 Å². The lowest BCUT2D eigenvalue weighted by Gasteiger charge is -2.04. The Balaban J connectivity index is 2.09. The van der Waals surface area contributed by atoms with Crippen molar-refractivity contribution in [3.63, 3.8) is 0 Å². The molecule has 0 saturated carbocycles.